The Morgan fingerprint density at radius 1 is 1.14 bits per heavy atom. The molecule has 9 heteroatoms. The third kappa shape index (κ3) is 4.34. The predicted molar refractivity (Wildman–Crippen MR) is 138 cm³/mol. The second-order valence-electron chi connectivity index (χ2n) is 8.21. The molecule has 1 N–H and O–H groups in total. The first kappa shape index (κ1) is 24.0. The summed E-state index contributed by atoms with van der Waals surface area (Å²) in [5, 5.41) is 11.9. The van der Waals surface area contributed by atoms with Gasteiger partial charge in [-0.15, -0.1) is 0 Å². The van der Waals surface area contributed by atoms with E-state index in [9.17, 15) is 19.1 Å². The highest BCUT2D eigenvalue weighted by Gasteiger charge is 2.48. The van der Waals surface area contributed by atoms with Crippen LogP contribution in [0.4, 0.5) is 9.52 Å². The second kappa shape index (κ2) is 9.72. The largest absolute Gasteiger partial charge is 0.507 e. The number of ketones is 1. The molecule has 6 nitrogen and oxygen atoms in total. The van der Waals surface area contributed by atoms with Gasteiger partial charge >= 0.3 is 5.91 Å². The maximum absolute atomic E-state index is 13.8. The van der Waals surface area contributed by atoms with Gasteiger partial charge in [0.25, 0.3) is 5.78 Å². The Bertz CT molecular complexity index is 1520. The number of hydrogen-bond acceptors (Lipinski definition) is 6. The summed E-state index contributed by atoms with van der Waals surface area (Å²) in [6, 6.07) is 16.5. The van der Waals surface area contributed by atoms with E-state index in [0.29, 0.717) is 38.7 Å². The standard InChI is InChI=1S/C27H20ClFN2O4S/c1-2-12-35-19-5-3-4-16(13-19)23-22(24(32)15-6-8-17(28)9-7-15)25(33)26(34)31(23)27-30-20-11-10-18(29)14-21(20)36-27/h3-11,13-14,23,32H,2,12H2,1H3/b24-22+. The summed E-state index contributed by atoms with van der Waals surface area (Å²) < 4.78 is 20.1. The summed E-state index contributed by atoms with van der Waals surface area (Å²) in [6.45, 7) is 2.48. The molecule has 0 bridgehead atoms. The Labute approximate surface area is 215 Å². The molecule has 1 aliphatic heterocycles. The van der Waals surface area contributed by atoms with Crippen LogP contribution < -0.4 is 9.64 Å². The van der Waals surface area contributed by atoms with E-state index in [2.05, 4.69) is 4.98 Å². The number of aliphatic hydroxyl groups excluding tert-OH is 1. The summed E-state index contributed by atoms with van der Waals surface area (Å²) >= 11 is 7.08. The Morgan fingerprint density at radius 2 is 1.92 bits per heavy atom. The van der Waals surface area contributed by atoms with Crippen molar-refractivity contribution in [3.05, 3.63) is 94.3 Å². The third-order valence-electron chi connectivity index (χ3n) is 5.75. The summed E-state index contributed by atoms with van der Waals surface area (Å²) in [4.78, 5) is 32.4. The number of Topliss-reactive ketones (excluding diaryl/α,β-unsaturated/α-hetero) is 1. The monoisotopic (exact) mass is 522 g/mol. The second-order valence-corrected chi connectivity index (χ2v) is 9.65. The van der Waals surface area contributed by atoms with Gasteiger partial charge in [0.1, 0.15) is 17.3 Å². The lowest BCUT2D eigenvalue weighted by atomic mass is 9.95. The van der Waals surface area contributed by atoms with E-state index in [0.717, 1.165) is 17.8 Å². The number of amides is 1. The number of carbonyl (C=O) groups excluding carboxylic acids is 2. The fraction of sp³-hybridized carbons (Fsp3) is 0.148. The van der Waals surface area contributed by atoms with Gasteiger partial charge < -0.3 is 9.84 Å². The molecule has 1 fully saturated rings. The number of hydrogen-bond donors (Lipinski definition) is 1. The van der Waals surface area contributed by atoms with Crippen molar-refractivity contribution in [3.63, 3.8) is 0 Å². The smallest absolute Gasteiger partial charge is 0.301 e. The normalized spacial score (nSPS) is 17.2. The van der Waals surface area contributed by atoms with Crippen LogP contribution in [0.15, 0.2) is 72.3 Å². The molecule has 2 heterocycles. The quantitative estimate of drug-likeness (QED) is 0.177. The number of nitrogens with zero attached hydrogens (tertiary/aromatic N) is 2. The highest BCUT2D eigenvalue weighted by atomic mass is 35.5. The molecule has 1 saturated heterocycles. The SMILES string of the molecule is CCCOc1cccc(C2/C(=C(\O)c3ccc(Cl)cc3)C(=O)C(=O)N2c2nc3ccc(F)cc3s2)c1. The van der Waals surface area contributed by atoms with E-state index in [1.807, 2.05) is 6.92 Å². The van der Waals surface area contributed by atoms with Crippen LogP contribution in [0.3, 0.4) is 0 Å². The molecule has 1 atom stereocenters. The number of fused-ring (bicyclic) bond motifs is 1. The fourth-order valence-electron chi connectivity index (χ4n) is 4.09. The fourth-order valence-corrected chi connectivity index (χ4v) is 5.24. The van der Waals surface area contributed by atoms with Gasteiger partial charge in [-0.1, -0.05) is 42.0 Å². The molecule has 1 amide bonds. The average molecular weight is 523 g/mol. The molecule has 36 heavy (non-hydrogen) atoms. The highest BCUT2D eigenvalue weighted by molar-refractivity contribution is 7.22. The van der Waals surface area contributed by atoms with Gasteiger partial charge in [-0.2, -0.15) is 0 Å². The highest BCUT2D eigenvalue weighted by Crippen LogP contribution is 2.45. The molecule has 1 aliphatic rings. The van der Waals surface area contributed by atoms with Crippen LogP contribution in [-0.2, 0) is 9.59 Å². The summed E-state index contributed by atoms with van der Waals surface area (Å²) in [7, 11) is 0. The molecule has 5 rings (SSSR count). The summed E-state index contributed by atoms with van der Waals surface area (Å²) in [5.41, 5.74) is 1.31. The number of rotatable bonds is 6. The van der Waals surface area contributed by atoms with Crippen LogP contribution in [0.25, 0.3) is 16.0 Å². The molecular formula is C27H20ClFN2O4S. The molecule has 0 radical (unpaired) electrons. The first-order valence-electron chi connectivity index (χ1n) is 11.2. The number of carbonyl (C=O) groups is 2. The zero-order chi connectivity index (χ0) is 25.4. The maximum atomic E-state index is 13.8. The van der Waals surface area contributed by atoms with Crippen LogP contribution in [0, 0.1) is 5.82 Å². The predicted octanol–water partition coefficient (Wildman–Crippen LogP) is 6.50. The number of anilines is 1. The van der Waals surface area contributed by atoms with Crippen molar-refractivity contribution < 1.29 is 23.8 Å². The van der Waals surface area contributed by atoms with Gasteiger partial charge in [-0.25, -0.2) is 9.37 Å². The third-order valence-corrected chi connectivity index (χ3v) is 7.02. The van der Waals surface area contributed by atoms with Gasteiger partial charge in [-0.05, 0) is 66.6 Å². The molecule has 0 saturated carbocycles. The van der Waals surface area contributed by atoms with E-state index in [1.165, 1.54) is 23.1 Å². The summed E-state index contributed by atoms with van der Waals surface area (Å²) in [6.07, 6.45) is 0.807. The zero-order valence-electron chi connectivity index (χ0n) is 19.1. The number of aliphatic hydroxyl groups is 1. The number of aromatic nitrogens is 1. The Morgan fingerprint density at radius 3 is 2.67 bits per heavy atom. The minimum atomic E-state index is -0.976. The molecular weight excluding hydrogens is 503 g/mol. The minimum Gasteiger partial charge on any atom is -0.507 e. The Kier molecular flexibility index (Phi) is 6.47. The van der Waals surface area contributed by atoms with E-state index in [-0.39, 0.29) is 16.5 Å². The molecule has 4 aromatic rings. The minimum absolute atomic E-state index is 0.0830. The molecule has 0 spiro atoms. The van der Waals surface area contributed by atoms with Crippen molar-refractivity contribution >= 4 is 55.7 Å². The number of ether oxygens (including phenoxy) is 1. The first-order chi connectivity index (χ1) is 17.4. The molecule has 1 unspecified atom stereocenters. The van der Waals surface area contributed by atoms with Gasteiger partial charge in [0.05, 0.1) is 28.4 Å². The number of benzene rings is 3. The number of halogens is 2. The van der Waals surface area contributed by atoms with Gasteiger partial charge in [0.2, 0.25) is 0 Å². The molecule has 3 aromatic carbocycles. The van der Waals surface area contributed by atoms with Crippen LogP contribution >= 0.6 is 22.9 Å². The van der Waals surface area contributed by atoms with Gasteiger partial charge in [0.15, 0.2) is 5.13 Å². The molecule has 0 aliphatic carbocycles. The van der Waals surface area contributed by atoms with Crippen molar-refractivity contribution in [3.8, 4) is 5.75 Å². The number of thiazole rings is 1. The molecule has 1 aromatic heterocycles. The Balaban J connectivity index is 1.70. The van der Waals surface area contributed by atoms with Gasteiger partial charge in [-0.3, -0.25) is 14.5 Å². The van der Waals surface area contributed by atoms with Crippen molar-refractivity contribution in [2.45, 2.75) is 19.4 Å². The maximum Gasteiger partial charge on any atom is 0.301 e. The first-order valence-corrected chi connectivity index (χ1v) is 12.4. The van der Waals surface area contributed by atoms with Crippen LogP contribution in [-0.4, -0.2) is 28.4 Å². The van der Waals surface area contributed by atoms with Gasteiger partial charge in [0, 0.05) is 10.6 Å². The van der Waals surface area contributed by atoms with E-state index in [4.69, 9.17) is 16.3 Å². The van der Waals surface area contributed by atoms with Crippen LogP contribution in [0.1, 0.15) is 30.5 Å². The zero-order valence-corrected chi connectivity index (χ0v) is 20.6. The van der Waals surface area contributed by atoms with Crippen molar-refractivity contribution in [1.29, 1.82) is 0 Å². The van der Waals surface area contributed by atoms with E-state index in [1.54, 1.807) is 48.5 Å². The summed E-state index contributed by atoms with van der Waals surface area (Å²) in [5.74, 6) is -1.88. The van der Waals surface area contributed by atoms with E-state index < -0.39 is 23.5 Å². The molecule has 182 valence electrons. The lowest BCUT2D eigenvalue weighted by Crippen LogP contribution is -2.29. The lowest BCUT2D eigenvalue weighted by molar-refractivity contribution is -0.132. The van der Waals surface area contributed by atoms with Crippen molar-refractivity contribution in [2.24, 2.45) is 0 Å². The lowest BCUT2D eigenvalue weighted by Gasteiger charge is -2.23. The van der Waals surface area contributed by atoms with Crippen molar-refractivity contribution in [2.75, 3.05) is 11.5 Å². The average Bonchev–Trinajstić information content (AvgIpc) is 3.40. The van der Waals surface area contributed by atoms with E-state index >= 15 is 0 Å². The van der Waals surface area contributed by atoms with Crippen LogP contribution in [0.2, 0.25) is 5.02 Å². The Hall–Kier alpha value is -3.75. The van der Waals surface area contributed by atoms with Crippen LogP contribution in [0.5, 0.6) is 5.75 Å². The van der Waals surface area contributed by atoms with Crippen molar-refractivity contribution in [1.82, 2.24) is 4.98 Å². The topological polar surface area (TPSA) is 79.7 Å².